The number of allylic oxidation sites excluding steroid dienone is 1. The molecule has 4 nitrogen and oxygen atoms in total. The maximum Gasteiger partial charge on any atom is 0.269 e. The van der Waals surface area contributed by atoms with Crippen molar-refractivity contribution in [3.8, 4) is 0 Å². The third-order valence-electron chi connectivity index (χ3n) is 2.73. The van der Waals surface area contributed by atoms with Crippen molar-refractivity contribution in [2.75, 3.05) is 0 Å². The normalized spacial score (nSPS) is 10.8. The Kier molecular flexibility index (Phi) is 4.18. The van der Waals surface area contributed by atoms with E-state index in [1.165, 1.54) is 30.3 Å². The van der Waals surface area contributed by atoms with E-state index in [0.717, 1.165) is 18.2 Å². The number of carbonyl (C=O) groups excluding carboxylic acids is 1. The minimum atomic E-state index is -0.937. The van der Waals surface area contributed by atoms with Crippen LogP contribution in [0.2, 0.25) is 0 Å². The van der Waals surface area contributed by atoms with E-state index in [-0.39, 0.29) is 11.3 Å². The molecule has 0 heterocycles. The second-order valence-electron chi connectivity index (χ2n) is 4.17. The molecule has 2 rings (SSSR count). The summed E-state index contributed by atoms with van der Waals surface area (Å²) in [6.07, 6.45) is 2.52. The second kappa shape index (κ2) is 6.04. The molecule has 0 saturated carbocycles. The first kappa shape index (κ1) is 14.5. The Morgan fingerprint density at radius 3 is 2.33 bits per heavy atom. The lowest BCUT2D eigenvalue weighted by molar-refractivity contribution is -0.384. The van der Waals surface area contributed by atoms with Gasteiger partial charge in [-0.3, -0.25) is 14.9 Å². The molecule has 0 aromatic heterocycles. The molecule has 0 amide bonds. The molecule has 0 bridgehead atoms. The minimum Gasteiger partial charge on any atom is -0.289 e. The van der Waals surface area contributed by atoms with Gasteiger partial charge in [0.1, 0.15) is 11.6 Å². The molecule has 0 N–H and O–H groups in total. The first-order valence-electron chi connectivity index (χ1n) is 5.89. The molecular formula is C15H9F2NO3. The van der Waals surface area contributed by atoms with Gasteiger partial charge in [-0.25, -0.2) is 8.78 Å². The van der Waals surface area contributed by atoms with Crippen LogP contribution in [0.15, 0.2) is 48.5 Å². The van der Waals surface area contributed by atoms with Crippen LogP contribution in [-0.2, 0) is 0 Å². The molecule has 0 radical (unpaired) electrons. The van der Waals surface area contributed by atoms with E-state index in [1.54, 1.807) is 0 Å². The molecule has 0 unspecified atom stereocenters. The monoisotopic (exact) mass is 289 g/mol. The van der Waals surface area contributed by atoms with Gasteiger partial charge in [-0.15, -0.1) is 0 Å². The number of nitro groups is 1. The topological polar surface area (TPSA) is 60.2 Å². The van der Waals surface area contributed by atoms with Crippen LogP contribution in [0, 0.1) is 21.7 Å². The summed E-state index contributed by atoms with van der Waals surface area (Å²) in [5, 5.41) is 10.5. The van der Waals surface area contributed by atoms with Crippen molar-refractivity contribution in [1.82, 2.24) is 0 Å². The zero-order valence-electron chi connectivity index (χ0n) is 10.6. The number of rotatable bonds is 4. The second-order valence-corrected chi connectivity index (χ2v) is 4.17. The average Bonchev–Trinajstić information content (AvgIpc) is 2.45. The van der Waals surface area contributed by atoms with Gasteiger partial charge >= 0.3 is 0 Å². The van der Waals surface area contributed by atoms with Crippen molar-refractivity contribution in [3.05, 3.63) is 81.4 Å². The third-order valence-corrected chi connectivity index (χ3v) is 2.73. The van der Waals surface area contributed by atoms with Crippen molar-refractivity contribution < 1.29 is 18.5 Å². The van der Waals surface area contributed by atoms with Gasteiger partial charge in [-0.05, 0) is 35.9 Å². The lowest BCUT2D eigenvalue weighted by Gasteiger charge is -1.98. The van der Waals surface area contributed by atoms with Crippen LogP contribution in [0.1, 0.15) is 15.9 Å². The summed E-state index contributed by atoms with van der Waals surface area (Å²) in [4.78, 5) is 21.7. The smallest absolute Gasteiger partial charge is 0.269 e. The quantitative estimate of drug-likeness (QED) is 0.372. The third kappa shape index (κ3) is 3.56. The largest absolute Gasteiger partial charge is 0.289 e. The van der Waals surface area contributed by atoms with E-state index in [4.69, 9.17) is 0 Å². The van der Waals surface area contributed by atoms with E-state index < -0.39 is 22.3 Å². The molecule has 2 aromatic carbocycles. The molecule has 106 valence electrons. The molecule has 0 fully saturated rings. The number of nitro benzene ring substituents is 1. The van der Waals surface area contributed by atoms with Gasteiger partial charge in [0.25, 0.3) is 5.69 Å². The van der Waals surface area contributed by atoms with E-state index in [1.807, 2.05) is 0 Å². The fourth-order valence-electron chi connectivity index (χ4n) is 1.66. The Balaban J connectivity index is 2.16. The van der Waals surface area contributed by atoms with Gasteiger partial charge in [0.2, 0.25) is 0 Å². The zero-order chi connectivity index (χ0) is 15.4. The molecule has 21 heavy (non-hydrogen) atoms. The summed E-state index contributed by atoms with van der Waals surface area (Å²) in [6, 6.07) is 8.20. The van der Waals surface area contributed by atoms with Gasteiger partial charge in [0, 0.05) is 18.2 Å². The van der Waals surface area contributed by atoms with Crippen LogP contribution in [0.5, 0.6) is 0 Å². The number of non-ortho nitro benzene ring substituents is 1. The Morgan fingerprint density at radius 2 is 1.76 bits per heavy atom. The fraction of sp³-hybridized carbons (Fsp3) is 0. The Labute approximate surface area is 118 Å². The number of hydrogen-bond acceptors (Lipinski definition) is 3. The minimum absolute atomic E-state index is 0.0666. The molecule has 0 saturated heterocycles. The average molecular weight is 289 g/mol. The van der Waals surface area contributed by atoms with E-state index in [9.17, 15) is 23.7 Å². The summed E-state index contributed by atoms with van der Waals surface area (Å²) in [6.45, 7) is 0. The van der Waals surface area contributed by atoms with Crippen molar-refractivity contribution >= 4 is 17.5 Å². The highest BCUT2D eigenvalue weighted by molar-refractivity contribution is 6.06. The summed E-state index contributed by atoms with van der Waals surface area (Å²) in [7, 11) is 0. The van der Waals surface area contributed by atoms with Crippen LogP contribution < -0.4 is 0 Å². The molecule has 0 atom stereocenters. The number of ketones is 1. The lowest BCUT2D eigenvalue weighted by atomic mass is 10.1. The van der Waals surface area contributed by atoms with Crippen molar-refractivity contribution in [2.45, 2.75) is 0 Å². The van der Waals surface area contributed by atoms with Crippen LogP contribution in [-0.4, -0.2) is 10.7 Å². The van der Waals surface area contributed by atoms with Gasteiger partial charge in [0.05, 0.1) is 10.5 Å². The first-order valence-corrected chi connectivity index (χ1v) is 5.89. The van der Waals surface area contributed by atoms with Gasteiger partial charge in [-0.2, -0.15) is 0 Å². The van der Waals surface area contributed by atoms with E-state index in [2.05, 4.69) is 0 Å². The standard InChI is InChI=1S/C15H9F2NO3/c16-11-4-7-13(14(17)9-11)15(19)8-3-10-1-5-12(6-2-10)18(20)21/h1-9H/b8-3+. The van der Waals surface area contributed by atoms with Crippen LogP contribution in [0.3, 0.4) is 0 Å². The maximum absolute atomic E-state index is 13.4. The molecule has 0 aliphatic heterocycles. The zero-order valence-corrected chi connectivity index (χ0v) is 10.6. The van der Waals surface area contributed by atoms with Crippen molar-refractivity contribution in [1.29, 1.82) is 0 Å². The molecular weight excluding hydrogens is 280 g/mol. The fourth-order valence-corrected chi connectivity index (χ4v) is 1.66. The highest BCUT2D eigenvalue weighted by atomic mass is 19.1. The summed E-state index contributed by atoms with van der Waals surface area (Å²) >= 11 is 0. The molecule has 2 aromatic rings. The van der Waals surface area contributed by atoms with Crippen LogP contribution >= 0.6 is 0 Å². The van der Waals surface area contributed by atoms with Crippen LogP contribution in [0.25, 0.3) is 6.08 Å². The summed E-state index contributed by atoms with van der Waals surface area (Å²) in [5.74, 6) is -2.32. The molecule has 0 aliphatic rings. The Morgan fingerprint density at radius 1 is 1.10 bits per heavy atom. The van der Waals surface area contributed by atoms with Gasteiger partial charge in [0.15, 0.2) is 5.78 Å². The van der Waals surface area contributed by atoms with Crippen molar-refractivity contribution in [3.63, 3.8) is 0 Å². The number of nitrogens with zero attached hydrogens (tertiary/aromatic N) is 1. The lowest BCUT2D eigenvalue weighted by Crippen LogP contribution is -1.99. The van der Waals surface area contributed by atoms with Crippen molar-refractivity contribution in [2.24, 2.45) is 0 Å². The van der Waals surface area contributed by atoms with Crippen LogP contribution in [0.4, 0.5) is 14.5 Å². The summed E-state index contributed by atoms with van der Waals surface area (Å²) in [5.41, 5.74) is 0.245. The SMILES string of the molecule is O=C(/C=C/c1ccc([N+](=O)[O-])cc1)c1ccc(F)cc1F. The molecule has 0 spiro atoms. The Bertz CT molecular complexity index is 724. The molecule has 6 heteroatoms. The summed E-state index contributed by atoms with van der Waals surface area (Å²) < 4.78 is 26.1. The highest BCUT2D eigenvalue weighted by Gasteiger charge is 2.09. The number of hydrogen-bond donors (Lipinski definition) is 0. The number of carbonyl (C=O) groups is 1. The molecule has 0 aliphatic carbocycles. The van der Waals surface area contributed by atoms with Gasteiger partial charge < -0.3 is 0 Å². The number of halogens is 2. The highest BCUT2D eigenvalue weighted by Crippen LogP contribution is 2.14. The maximum atomic E-state index is 13.4. The Hall–Kier alpha value is -2.89. The van der Waals surface area contributed by atoms with Gasteiger partial charge in [-0.1, -0.05) is 6.08 Å². The predicted molar refractivity (Wildman–Crippen MR) is 72.8 cm³/mol. The van der Waals surface area contributed by atoms with E-state index >= 15 is 0 Å². The number of benzene rings is 2. The first-order chi connectivity index (χ1) is 9.97. The van der Waals surface area contributed by atoms with E-state index in [0.29, 0.717) is 11.6 Å². The predicted octanol–water partition coefficient (Wildman–Crippen LogP) is 3.77.